The largest absolute Gasteiger partial charge is 0.394 e. The number of allylic oxidation sites excluding steroid dienone is 17. The van der Waals surface area contributed by atoms with Crippen molar-refractivity contribution in [3.05, 3.63) is 109 Å². The Morgan fingerprint density at radius 1 is 0.407 bits per heavy atom. The van der Waals surface area contributed by atoms with Crippen LogP contribution in [0.15, 0.2) is 109 Å². The van der Waals surface area contributed by atoms with Gasteiger partial charge < -0.3 is 65.1 Å². The quantitative estimate of drug-likeness (QED) is 0.0204. The zero-order valence-electron chi connectivity index (χ0n) is 57.1. The third-order valence-corrected chi connectivity index (χ3v) is 17.2. The summed E-state index contributed by atoms with van der Waals surface area (Å²) in [5.74, 6) is -0.283. The lowest BCUT2D eigenvalue weighted by molar-refractivity contribution is -0.359. The number of rotatable bonds is 59. The predicted molar refractivity (Wildman–Crippen MR) is 373 cm³/mol. The van der Waals surface area contributed by atoms with E-state index in [1.807, 2.05) is 6.08 Å². The first kappa shape index (κ1) is 83.7. The Kier molecular flexibility index (Phi) is 55.5. The highest BCUT2D eigenvalue weighted by Crippen LogP contribution is 2.30. The van der Waals surface area contributed by atoms with Crippen molar-refractivity contribution in [3.63, 3.8) is 0 Å². The van der Waals surface area contributed by atoms with Gasteiger partial charge in [-0.25, -0.2) is 0 Å². The van der Waals surface area contributed by atoms with Gasteiger partial charge in [-0.05, 0) is 89.9 Å². The van der Waals surface area contributed by atoms with Gasteiger partial charge in [-0.15, -0.1) is 0 Å². The standard InChI is InChI=1S/C77H133NO13/c1-3-5-7-9-11-13-15-17-19-21-23-25-27-29-30-31-32-33-34-35-37-38-40-42-44-46-48-50-52-54-56-58-60-66(81)65(64-88-76-74(87)72(85)75(68(63-80)90-76)91-77-73(86)71(84)70(83)67(62-79)89-77)78-69(82)61-59-57-55-53-51-49-47-45-43-41-39-36-28-26-24-22-20-18-16-14-12-10-8-6-4-2/h6,8,12,14,18,20,24,26,36,39,43,45,49-52,58,60,65-68,70-77,79-81,83-87H,3-5,7,9-11,13,15-17,19,21-23,25,27-35,37-38,40-42,44,46-48,53-57,59,61-64H2,1-2H3,(H,78,82)/b8-6-,14-12-,20-18-,26-24-,39-36-,45-43-,51-49-,52-50+,60-58+. The second-order valence-corrected chi connectivity index (χ2v) is 25.3. The topological polar surface area (TPSA) is 228 Å². The number of hydrogen-bond acceptors (Lipinski definition) is 13. The zero-order valence-corrected chi connectivity index (χ0v) is 57.1. The van der Waals surface area contributed by atoms with Crippen molar-refractivity contribution in [2.24, 2.45) is 0 Å². The molecule has 2 rings (SSSR count). The summed E-state index contributed by atoms with van der Waals surface area (Å²) >= 11 is 0. The van der Waals surface area contributed by atoms with E-state index in [0.717, 1.165) is 77.0 Å². The van der Waals surface area contributed by atoms with Crippen LogP contribution in [0.2, 0.25) is 0 Å². The van der Waals surface area contributed by atoms with Crippen LogP contribution in [0.4, 0.5) is 0 Å². The molecule has 14 nitrogen and oxygen atoms in total. The number of hydrogen-bond donors (Lipinski definition) is 9. The van der Waals surface area contributed by atoms with Crippen molar-refractivity contribution in [1.82, 2.24) is 5.32 Å². The van der Waals surface area contributed by atoms with Crippen molar-refractivity contribution < 1.29 is 64.6 Å². The first-order chi connectivity index (χ1) is 44.6. The predicted octanol–water partition coefficient (Wildman–Crippen LogP) is 15.5. The van der Waals surface area contributed by atoms with E-state index < -0.39 is 86.8 Å². The maximum Gasteiger partial charge on any atom is 0.220 e. The zero-order chi connectivity index (χ0) is 65.9. The molecule has 2 saturated heterocycles. The summed E-state index contributed by atoms with van der Waals surface area (Å²) in [7, 11) is 0. The van der Waals surface area contributed by atoms with Crippen molar-refractivity contribution in [3.8, 4) is 0 Å². The Morgan fingerprint density at radius 2 is 0.769 bits per heavy atom. The van der Waals surface area contributed by atoms with E-state index in [-0.39, 0.29) is 18.9 Å². The third kappa shape index (κ3) is 44.1. The maximum absolute atomic E-state index is 13.3. The summed E-state index contributed by atoms with van der Waals surface area (Å²) in [5.41, 5.74) is 0. The van der Waals surface area contributed by atoms with Crippen molar-refractivity contribution in [1.29, 1.82) is 0 Å². The van der Waals surface area contributed by atoms with E-state index in [9.17, 15) is 45.6 Å². The van der Waals surface area contributed by atoms with Gasteiger partial charge >= 0.3 is 0 Å². The summed E-state index contributed by atoms with van der Waals surface area (Å²) in [6, 6.07) is -0.960. The molecule has 524 valence electrons. The maximum atomic E-state index is 13.3. The van der Waals surface area contributed by atoms with Crippen LogP contribution in [0.3, 0.4) is 0 Å². The van der Waals surface area contributed by atoms with Gasteiger partial charge in [0.25, 0.3) is 0 Å². The number of carbonyl (C=O) groups is 1. The van der Waals surface area contributed by atoms with Gasteiger partial charge in [-0.3, -0.25) is 4.79 Å². The summed E-state index contributed by atoms with van der Waals surface area (Å²) in [4.78, 5) is 13.3. The summed E-state index contributed by atoms with van der Waals surface area (Å²) in [5, 5.41) is 87.4. The smallest absolute Gasteiger partial charge is 0.220 e. The van der Waals surface area contributed by atoms with Gasteiger partial charge in [0.2, 0.25) is 5.91 Å². The molecule has 0 saturated carbocycles. The normalized spacial score (nSPS) is 23.5. The molecule has 2 aliphatic rings. The Bertz CT molecular complexity index is 1950. The van der Waals surface area contributed by atoms with Crippen molar-refractivity contribution in [2.75, 3.05) is 19.8 Å². The molecule has 0 aromatic carbocycles. The SMILES string of the molecule is CC/C=C\C/C=C\C/C=C\C/C=C\C/C=C\C/C=C\C/C=C\CCCCCC(=O)NC(COC1OC(CO)C(OC2OC(CO)C(O)C(O)C2O)C(O)C1O)C(O)/C=C/CC/C=C/CCCCCCCCCCCCCCCCCCCCCCCCCCCC. The van der Waals surface area contributed by atoms with Crippen molar-refractivity contribution in [2.45, 2.75) is 351 Å². The van der Waals surface area contributed by atoms with Gasteiger partial charge in [0.15, 0.2) is 12.6 Å². The van der Waals surface area contributed by atoms with E-state index in [1.54, 1.807) is 6.08 Å². The average molecular weight is 1280 g/mol. The first-order valence-electron chi connectivity index (χ1n) is 36.6. The van der Waals surface area contributed by atoms with Crippen LogP contribution in [-0.4, -0.2) is 140 Å². The molecule has 0 aliphatic carbocycles. The van der Waals surface area contributed by atoms with Gasteiger partial charge in [0.1, 0.15) is 48.8 Å². The molecule has 12 unspecified atom stereocenters. The van der Waals surface area contributed by atoms with Crippen LogP contribution in [0.1, 0.15) is 277 Å². The van der Waals surface area contributed by atoms with Crippen LogP contribution < -0.4 is 5.32 Å². The monoisotopic (exact) mass is 1280 g/mol. The fourth-order valence-corrected chi connectivity index (χ4v) is 11.4. The second kappa shape index (κ2) is 60.3. The minimum Gasteiger partial charge on any atom is -0.394 e. The van der Waals surface area contributed by atoms with Gasteiger partial charge in [-0.1, -0.05) is 290 Å². The Labute approximate surface area is 553 Å². The number of ether oxygens (including phenoxy) is 4. The van der Waals surface area contributed by atoms with E-state index in [4.69, 9.17) is 18.9 Å². The number of amides is 1. The van der Waals surface area contributed by atoms with E-state index in [0.29, 0.717) is 12.8 Å². The molecular formula is C77H133NO13. The Morgan fingerprint density at radius 3 is 1.21 bits per heavy atom. The summed E-state index contributed by atoms with van der Waals surface area (Å²) in [6.45, 7) is 2.66. The molecule has 0 spiro atoms. The fourth-order valence-electron chi connectivity index (χ4n) is 11.4. The molecule has 14 heteroatoms. The highest BCUT2D eigenvalue weighted by molar-refractivity contribution is 5.76. The molecule has 12 atom stereocenters. The highest BCUT2D eigenvalue weighted by atomic mass is 16.7. The number of aliphatic hydroxyl groups is 8. The molecule has 0 aromatic rings. The second-order valence-electron chi connectivity index (χ2n) is 25.3. The summed E-state index contributed by atoms with van der Waals surface area (Å²) < 4.78 is 22.8. The van der Waals surface area contributed by atoms with E-state index in [1.165, 1.54) is 167 Å². The molecule has 2 aliphatic heterocycles. The number of carbonyl (C=O) groups excluding carboxylic acids is 1. The highest BCUT2D eigenvalue weighted by Gasteiger charge is 2.51. The first-order valence-corrected chi connectivity index (χ1v) is 36.6. The van der Waals surface area contributed by atoms with Gasteiger partial charge in [0, 0.05) is 6.42 Å². The molecule has 0 bridgehead atoms. The lowest BCUT2D eigenvalue weighted by Crippen LogP contribution is -2.65. The minimum atomic E-state index is -1.80. The van der Waals surface area contributed by atoms with Gasteiger partial charge in [0.05, 0.1) is 32.0 Å². The van der Waals surface area contributed by atoms with Crippen molar-refractivity contribution >= 4 is 5.91 Å². The molecule has 91 heavy (non-hydrogen) atoms. The van der Waals surface area contributed by atoms with Crippen LogP contribution >= 0.6 is 0 Å². The van der Waals surface area contributed by atoms with E-state index >= 15 is 0 Å². The molecule has 1 amide bonds. The molecular weight excluding hydrogens is 1150 g/mol. The number of aliphatic hydroxyl groups excluding tert-OH is 8. The van der Waals surface area contributed by atoms with Crippen LogP contribution in [0.25, 0.3) is 0 Å². The Hall–Kier alpha value is -3.35. The minimum absolute atomic E-state index is 0.227. The third-order valence-electron chi connectivity index (χ3n) is 17.2. The summed E-state index contributed by atoms with van der Waals surface area (Å²) in [6.07, 6.45) is 70.2. The Balaban J connectivity index is 1.70. The molecule has 2 fully saturated rings. The molecule has 0 radical (unpaired) electrons. The number of nitrogens with one attached hydrogen (secondary N) is 1. The number of unbranched alkanes of at least 4 members (excludes halogenated alkanes) is 30. The lowest BCUT2D eigenvalue weighted by Gasteiger charge is -2.46. The lowest BCUT2D eigenvalue weighted by atomic mass is 9.97. The molecule has 0 aromatic heterocycles. The molecule has 9 N–H and O–H groups in total. The fraction of sp³-hybridized carbons (Fsp3) is 0.753. The van der Waals surface area contributed by atoms with Crippen LogP contribution in [0, 0.1) is 0 Å². The van der Waals surface area contributed by atoms with E-state index in [2.05, 4.69) is 116 Å². The van der Waals surface area contributed by atoms with Crippen LogP contribution in [0.5, 0.6) is 0 Å². The van der Waals surface area contributed by atoms with Gasteiger partial charge in [-0.2, -0.15) is 0 Å². The molecule has 2 heterocycles. The average Bonchev–Trinajstić information content (AvgIpc) is 1.15. The van der Waals surface area contributed by atoms with Crippen LogP contribution in [-0.2, 0) is 23.7 Å².